The van der Waals surface area contributed by atoms with E-state index in [4.69, 9.17) is 0 Å². The zero-order chi connectivity index (χ0) is 8.29. The maximum absolute atomic E-state index is 11.7. The van der Waals surface area contributed by atoms with Crippen LogP contribution in [0.1, 0.15) is 25.7 Å². The molecule has 0 aromatic carbocycles. The molecule has 0 radical (unpaired) electrons. The van der Waals surface area contributed by atoms with Gasteiger partial charge in [0.05, 0.1) is 0 Å². The molecule has 5 fully saturated rings. The van der Waals surface area contributed by atoms with Crippen LogP contribution < -0.4 is 0 Å². The number of piperidine rings is 2. The lowest BCUT2D eigenvalue weighted by atomic mass is 9.58. The third kappa shape index (κ3) is 0.644. The summed E-state index contributed by atoms with van der Waals surface area (Å²) in [6.45, 7) is 0. The van der Waals surface area contributed by atoms with Crippen molar-refractivity contribution in [2.24, 2.45) is 17.8 Å². The summed E-state index contributed by atoms with van der Waals surface area (Å²) < 4.78 is 0. The maximum atomic E-state index is 11.7. The summed E-state index contributed by atoms with van der Waals surface area (Å²) in [5.74, 6) is 2.46. The molecule has 4 unspecified atom stereocenters. The van der Waals surface area contributed by atoms with Gasteiger partial charge in [0.2, 0.25) is 5.91 Å². The van der Waals surface area contributed by atoms with E-state index in [2.05, 4.69) is 0 Å². The van der Waals surface area contributed by atoms with Gasteiger partial charge in [0.1, 0.15) is 0 Å². The Balaban J connectivity index is 2.00. The van der Waals surface area contributed by atoms with Gasteiger partial charge in [-0.2, -0.15) is 0 Å². The van der Waals surface area contributed by atoms with Crippen LogP contribution in [0.2, 0.25) is 0 Å². The topological polar surface area (TPSA) is 20.3 Å². The average Bonchev–Trinajstić information content (AvgIpc) is 2.14. The molecule has 4 bridgehead atoms. The first kappa shape index (κ1) is 6.93. The highest BCUT2D eigenvalue weighted by molar-refractivity contribution is 5.81. The van der Waals surface area contributed by atoms with Gasteiger partial charge < -0.3 is 4.90 Å². The summed E-state index contributed by atoms with van der Waals surface area (Å²) in [5, 5.41) is 0. The average molecular weight is 165 g/mol. The summed E-state index contributed by atoms with van der Waals surface area (Å²) in [5.41, 5.74) is 0. The highest BCUT2D eigenvalue weighted by Crippen LogP contribution is 2.51. The Bertz CT molecular complexity index is 238. The minimum absolute atomic E-state index is 0.416. The van der Waals surface area contributed by atoms with Crippen molar-refractivity contribution in [2.45, 2.75) is 31.7 Å². The number of carbonyl (C=O) groups is 1. The van der Waals surface area contributed by atoms with Crippen LogP contribution in [0.15, 0.2) is 0 Å². The van der Waals surface area contributed by atoms with Crippen molar-refractivity contribution >= 4 is 5.91 Å². The minimum atomic E-state index is 0.416. The molecule has 0 spiro atoms. The zero-order valence-electron chi connectivity index (χ0n) is 7.49. The minimum Gasteiger partial charge on any atom is -0.342 e. The fraction of sp³-hybridized carbons (Fsp3) is 0.900. The first-order chi connectivity index (χ1) is 5.77. The Morgan fingerprint density at radius 1 is 1.25 bits per heavy atom. The summed E-state index contributed by atoms with van der Waals surface area (Å²) >= 11 is 0. The second-order valence-corrected chi connectivity index (χ2v) is 4.69. The Hall–Kier alpha value is -0.530. The zero-order valence-corrected chi connectivity index (χ0v) is 7.49. The molecule has 3 saturated carbocycles. The van der Waals surface area contributed by atoms with Crippen molar-refractivity contribution in [3.05, 3.63) is 0 Å². The molecule has 2 heteroatoms. The second-order valence-electron chi connectivity index (χ2n) is 4.69. The largest absolute Gasteiger partial charge is 0.342 e. The number of fused-ring (bicyclic) bond motifs is 2. The molecular formula is C10H15NO. The van der Waals surface area contributed by atoms with Crippen LogP contribution in [-0.2, 0) is 4.79 Å². The first-order valence-electron chi connectivity index (χ1n) is 5.04. The van der Waals surface area contributed by atoms with E-state index in [1.165, 1.54) is 25.7 Å². The maximum Gasteiger partial charge on any atom is 0.225 e. The van der Waals surface area contributed by atoms with Gasteiger partial charge in [0.15, 0.2) is 0 Å². The van der Waals surface area contributed by atoms with E-state index in [1.54, 1.807) is 0 Å². The van der Waals surface area contributed by atoms with Gasteiger partial charge in [-0.05, 0) is 37.5 Å². The quantitative estimate of drug-likeness (QED) is 0.529. The van der Waals surface area contributed by atoms with E-state index in [-0.39, 0.29) is 0 Å². The Kier molecular flexibility index (Phi) is 1.18. The van der Waals surface area contributed by atoms with Gasteiger partial charge >= 0.3 is 0 Å². The third-order valence-electron chi connectivity index (χ3n) is 4.28. The molecule has 5 rings (SSSR count). The molecule has 0 aromatic rings. The molecule has 2 nitrogen and oxygen atoms in total. The van der Waals surface area contributed by atoms with Crippen molar-refractivity contribution in [2.75, 3.05) is 7.05 Å². The van der Waals surface area contributed by atoms with E-state index in [0.717, 1.165) is 11.8 Å². The lowest BCUT2D eigenvalue weighted by Crippen LogP contribution is -2.60. The van der Waals surface area contributed by atoms with E-state index in [9.17, 15) is 4.79 Å². The molecular weight excluding hydrogens is 150 g/mol. The molecule has 4 atom stereocenters. The van der Waals surface area contributed by atoms with Gasteiger partial charge in [-0.15, -0.1) is 0 Å². The Morgan fingerprint density at radius 3 is 2.58 bits per heavy atom. The standard InChI is InChI=1S/C10H15NO/c1-11-9-5-6-2-3-7(9)4-8(6)10(11)12/h6-9H,2-5H2,1H3. The van der Waals surface area contributed by atoms with E-state index >= 15 is 0 Å². The lowest BCUT2D eigenvalue weighted by molar-refractivity contribution is -0.160. The van der Waals surface area contributed by atoms with Gasteiger partial charge in [-0.1, -0.05) is 0 Å². The van der Waals surface area contributed by atoms with Gasteiger partial charge in [-0.3, -0.25) is 4.79 Å². The summed E-state index contributed by atoms with van der Waals surface area (Å²) in [6, 6.07) is 0.612. The van der Waals surface area contributed by atoms with Crippen molar-refractivity contribution in [3.63, 3.8) is 0 Å². The van der Waals surface area contributed by atoms with Crippen LogP contribution in [0.4, 0.5) is 0 Å². The molecule has 2 aliphatic heterocycles. The van der Waals surface area contributed by atoms with Crippen LogP contribution in [0.5, 0.6) is 0 Å². The van der Waals surface area contributed by atoms with Gasteiger partial charge in [-0.25, -0.2) is 0 Å². The van der Waals surface area contributed by atoms with Crippen molar-refractivity contribution in [1.29, 1.82) is 0 Å². The summed E-state index contributed by atoms with van der Waals surface area (Å²) in [6.07, 6.45) is 5.21. The molecule has 0 N–H and O–H groups in total. The van der Waals surface area contributed by atoms with Crippen LogP contribution in [0.3, 0.4) is 0 Å². The fourth-order valence-corrected chi connectivity index (χ4v) is 3.60. The van der Waals surface area contributed by atoms with Gasteiger partial charge in [0, 0.05) is 19.0 Å². The predicted octanol–water partition coefficient (Wildman–Crippen LogP) is 1.26. The molecule has 66 valence electrons. The highest BCUT2D eigenvalue weighted by Gasteiger charge is 2.52. The van der Waals surface area contributed by atoms with Crippen LogP contribution in [-0.4, -0.2) is 23.9 Å². The van der Waals surface area contributed by atoms with Crippen LogP contribution in [0.25, 0.3) is 0 Å². The second kappa shape index (κ2) is 2.04. The Labute approximate surface area is 72.9 Å². The Morgan fingerprint density at radius 2 is 2.00 bits per heavy atom. The predicted molar refractivity (Wildman–Crippen MR) is 45.5 cm³/mol. The van der Waals surface area contributed by atoms with Gasteiger partial charge in [0.25, 0.3) is 0 Å². The SMILES string of the molecule is CN1C(=O)C2CC3CCC2CC31. The van der Waals surface area contributed by atoms with Crippen molar-refractivity contribution in [1.82, 2.24) is 4.90 Å². The molecule has 12 heavy (non-hydrogen) atoms. The molecule has 5 aliphatic rings. The molecule has 2 saturated heterocycles. The smallest absolute Gasteiger partial charge is 0.225 e. The number of hydrogen-bond donors (Lipinski definition) is 0. The highest BCUT2D eigenvalue weighted by atomic mass is 16.2. The van der Waals surface area contributed by atoms with E-state index in [1.807, 2.05) is 11.9 Å². The molecule has 1 amide bonds. The van der Waals surface area contributed by atoms with Crippen molar-refractivity contribution < 1.29 is 4.79 Å². The lowest BCUT2D eigenvalue weighted by Gasteiger charge is -2.55. The molecule has 0 aromatic heterocycles. The third-order valence-corrected chi connectivity index (χ3v) is 4.28. The molecule has 3 aliphatic carbocycles. The number of amides is 1. The number of rotatable bonds is 0. The van der Waals surface area contributed by atoms with Crippen LogP contribution >= 0.6 is 0 Å². The van der Waals surface area contributed by atoms with Crippen molar-refractivity contribution in [3.8, 4) is 0 Å². The normalized spacial score (nSPS) is 50.4. The number of nitrogens with zero attached hydrogens (tertiary/aromatic N) is 1. The monoisotopic (exact) mass is 165 g/mol. The van der Waals surface area contributed by atoms with E-state index in [0.29, 0.717) is 17.9 Å². The number of carbonyl (C=O) groups excluding carboxylic acids is 1. The number of hydrogen-bond acceptors (Lipinski definition) is 1. The van der Waals surface area contributed by atoms with E-state index < -0.39 is 0 Å². The molecule has 2 heterocycles. The summed E-state index contributed by atoms with van der Waals surface area (Å²) in [4.78, 5) is 13.7. The summed E-state index contributed by atoms with van der Waals surface area (Å²) in [7, 11) is 1.99. The van der Waals surface area contributed by atoms with Crippen LogP contribution in [0, 0.1) is 17.8 Å². The first-order valence-corrected chi connectivity index (χ1v) is 5.04. The fourth-order valence-electron chi connectivity index (χ4n) is 3.60.